The van der Waals surface area contributed by atoms with Crippen LogP contribution in [0.25, 0.3) is 0 Å². The van der Waals surface area contributed by atoms with E-state index in [2.05, 4.69) is 111 Å². The predicted molar refractivity (Wildman–Crippen MR) is 333 cm³/mol. The van der Waals surface area contributed by atoms with Crippen LogP contribution >= 0.6 is 0 Å². The maximum atomic E-state index is 13.4. The summed E-state index contributed by atoms with van der Waals surface area (Å²) in [5.74, 6) is -1.22. The van der Waals surface area contributed by atoms with Crippen molar-refractivity contribution in [3.8, 4) is 0 Å². The maximum absolute atomic E-state index is 13.4. The van der Waals surface area contributed by atoms with Gasteiger partial charge in [0.05, 0.1) is 25.4 Å². The Bertz CT molecular complexity index is 1670. The third-order valence-electron chi connectivity index (χ3n) is 14.7. The quantitative estimate of drug-likeness (QED) is 0.0195. The van der Waals surface area contributed by atoms with Crippen LogP contribution in [0.4, 0.5) is 0 Å². The second kappa shape index (κ2) is 56.1. The van der Waals surface area contributed by atoms with Gasteiger partial charge in [0, 0.05) is 6.42 Å². The molecule has 1 fully saturated rings. The van der Waals surface area contributed by atoms with E-state index in [9.17, 15) is 35.1 Å². The summed E-state index contributed by atoms with van der Waals surface area (Å²) in [5, 5.41) is 57.0. The minimum Gasteiger partial charge on any atom is -0.454 e. The zero-order chi connectivity index (χ0) is 58.2. The predicted octanol–water partition coefficient (Wildman–Crippen LogP) is 15.9. The molecule has 0 aromatic carbocycles. The summed E-state index contributed by atoms with van der Waals surface area (Å²) < 4.78 is 17.6. The number of carbonyl (C=O) groups excluding carboxylic acids is 2. The Morgan fingerprint density at radius 2 is 0.900 bits per heavy atom. The highest BCUT2D eigenvalue weighted by Gasteiger charge is 2.47. The Hall–Kier alpha value is -3.42. The Balaban J connectivity index is 2.60. The van der Waals surface area contributed by atoms with Crippen LogP contribution < -0.4 is 5.32 Å². The number of unbranched alkanes of at least 4 members (excludes halogenated alkanes) is 26. The van der Waals surface area contributed by atoms with Gasteiger partial charge in [0.15, 0.2) is 12.4 Å². The topological polar surface area (TPSA) is 175 Å². The molecule has 8 atom stereocenters. The fourth-order valence-electron chi connectivity index (χ4n) is 9.59. The SMILES string of the molecule is CC/C=C/C/C=C/C/C=C/CCCCCCC(=O)OC1C(OCC(NC(=O)C(O)CCCCCCCCCCCC/C=C\C/C=C\C/C=C\C/C=C\CCCCC)C(O)/C=C/CCCCCCCCCCC)OC(CO)C(O)C1O. The molecule has 0 aliphatic carbocycles. The monoisotopic (exact) mass is 1120 g/mol. The van der Waals surface area contributed by atoms with E-state index in [4.69, 9.17) is 14.2 Å². The number of aliphatic hydroxyl groups is 5. The Morgan fingerprint density at radius 1 is 0.500 bits per heavy atom. The number of nitrogens with one attached hydrogen (secondary N) is 1. The van der Waals surface area contributed by atoms with Crippen molar-refractivity contribution in [2.24, 2.45) is 0 Å². The molecule has 11 nitrogen and oxygen atoms in total. The Kier molecular flexibility index (Phi) is 52.3. The zero-order valence-corrected chi connectivity index (χ0v) is 50.9. The minimum absolute atomic E-state index is 0.0935. The van der Waals surface area contributed by atoms with E-state index in [1.165, 1.54) is 109 Å². The zero-order valence-electron chi connectivity index (χ0n) is 50.9. The first-order chi connectivity index (χ1) is 39.2. The molecule has 1 aliphatic rings. The fourth-order valence-corrected chi connectivity index (χ4v) is 9.59. The normalized spacial score (nSPS) is 19.4. The lowest BCUT2D eigenvalue weighted by Crippen LogP contribution is -2.61. The third-order valence-corrected chi connectivity index (χ3v) is 14.7. The van der Waals surface area contributed by atoms with Crippen molar-refractivity contribution >= 4 is 11.9 Å². The summed E-state index contributed by atoms with van der Waals surface area (Å²) in [6.07, 6.45) is 64.5. The van der Waals surface area contributed by atoms with E-state index in [1.807, 2.05) is 6.08 Å². The van der Waals surface area contributed by atoms with E-state index in [-0.39, 0.29) is 19.4 Å². The molecule has 80 heavy (non-hydrogen) atoms. The van der Waals surface area contributed by atoms with Crippen molar-refractivity contribution in [3.63, 3.8) is 0 Å². The van der Waals surface area contributed by atoms with Gasteiger partial charge in [-0.2, -0.15) is 0 Å². The van der Waals surface area contributed by atoms with Gasteiger partial charge in [-0.3, -0.25) is 9.59 Å². The highest BCUT2D eigenvalue weighted by Crippen LogP contribution is 2.26. The van der Waals surface area contributed by atoms with Crippen LogP contribution in [0.3, 0.4) is 0 Å². The molecule has 0 saturated carbocycles. The number of aliphatic hydroxyl groups excluding tert-OH is 5. The molecule has 1 amide bonds. The van der Waals surface area contributed by atoms with Gasteiger partial charge in [-0.1, -0.05) is 253 Å². The van der Waals surface area contributed by atoms with Gasteiger partial charge in [-0.15, -0.1) is 0 Å². The second-order valence-electron chi connectivity index (χ2n) is 22.1. The van der Waals surface area contributed by atoms with Crippen LogP contribution in [-0.2, 0) is 23.8 Å². The maximum Gasteiger partial charge on any atom is 0.306 e. The number of allylic oxidation sites excluding steroid dienone is 15. The minimum atomic E-state index is -1.63. The number of rotatable bonds is 54. The summed E-state index contributed by atoms with van der Waals surface area (Å²) in [5.41, 5.74) is 0. The molecule has 1 saturated heterocycles. The molecule has 8 unspecified atom stereocenters. The number of ether oxygens (including phenoxy) is 3. The van der Waals surface area contributed by atoms with E-state index in [1.54, 1.807) is 6.08 Å². The molecule has 1 heterocycles. The summed E-state index contributed by atoms with van der Waals surface area (Å²) in [6.45, 7) is 5.62. The first-order valence-electron chi connectivity index (χ1n) is 32.5. The van der Waals surface area contributed by atoms with Crippen LogP contribution in [0.5, 0.6) is 0 Å². The molecule has 6 N–H and O–H groups in total. The molecule has 460 valence electrons. The van der Waals surface area contributed by atoms with Gasteiger partial charge in [0.1, 0.15) is 24.4 Å². The van der Waals surface area contributed by atoms with Crippen molar-refractivity contribution in [1.29, 1.82) is 0 Å². The summed E-state index contributed by atoms with van der Waals surface area (Å²) >= 11 is 0. The summed E-state index contributed by atoms with van der Waals surface area (Å²) in [7, 11) is 0. The summed E-state index contributed by atoms with van der Waals surface area (Å²) in [4.78, 5) is 26.5. The van der Waals surface area contributed by atoms with Crippen molar-refractivity contribution in [2.75, 3.05) is 13.2 Å². The molecule has 11 heteroatoms. The molecule has 0 spiro atoms. The Morgan fingerprint density at radius 3 is 1.38 bits per heavy atom. The molecule has 0 bridgehead atoms. The van der Waals surface area contributed by atoms with E-state index >= 15 is 0 Å². The fraction of sp³-hybridized carbons (Fsp3) is 0.739. The summed E-state index contributed by atoms with van der Waals surface area (Å²) in [6, 6.07) is -1.04. The Labute approximate surface area is 488 Å². The molecule has 0 aromatic heterocycles. The molecular weight excluding hydrogens is 1000 g/mol. The number of hydrogen-bond acceptors (Lipinski definition) is 10. The highest BCUT2D eigenvalue weighted by molar-refractivity contribution is 5.80. The van der Waals surface area contributed by atoms with Gasteiger partial charge in [0.25, 0.3) is 0 Å². The third kappa shape index (κ3) is 43.3. The molecule has 1 rings (SSSR count). The van der Waals surface area contributed by atoms with Crippen LogP contribution in [0.15, 0.2) is 97.2 Å². The number of esters is 1. The van der Waals surface area contributed by atoms with Crippen LogP contribution in [-0.4, -0.2) is 99.6 Å². The standard InChI is InChI=1S/C69H119NO10/c1-4-7-10-13-16-19-22-24-26-27-28-29-30-31-32-33-34-35-36-37-38-41-44-47-50-53-56-62(73)68(77)70-60(61(72)55-52-49-46-43-40-21-18-15-12-9-6-3)59-78-69-67(66(76)65(75)63(58-71)79-69)80-64(74)57-54-51-48-45-42-39-25-23-20-17-14-11-8-5-2/h8,11,16-17,19-20,24-26,28-29,31-32,39,52,55,60-63,65-67,69,71-73,75-76H,4-7,9-10,12-15,18,21-23,27,30,33-38,40-51,53-54,56-59H2,1-3H3,(H,70,77)/b11-8+,19-16-,20-17+,26-24-,29-28-,32-31-,39-25+,55-52+. The van der Waals surface area contributed by atoms with E-state index < -0.39 is 67.4 Å². The lowest BCUT2D eigenvalue weighted by molar-refractivity contribution is -0.305. The molecular formula is C69H119NO10. The molecule has 0 radical (unpaired) electrons. The van der Waals surface area contributed by atoms with Gasteiger partial charge < -0.3 is 45.1 Å². The van der Waals surface area contributed by atoms with Crippen molar-refractivity contribution in [3.05, 3.63) is 97.2 Å². The van der Waals surface area contributed by atoms with Crippen LogP contribution in [0.1, 0.15) is 265 Å². The number of amides is 1. The van der Waals surface area contributed by atoms with E-state index in [0.717, 1.165) is 109 Å². The lowest BCUT2D eigenvalue weighted by atomic mass is 9.99. The van der Waals surface area contributed by atoms with Gasteiger partial charge in [-0.05, 0) is 103 Å². The average Bonchev–Trinajstić information content (AvgIpc) is 3.46. The van der Waals surface area contributed by atoms with Gasteiger partial charge in [-0.25, -0.2) is 0 Å². The van der Waals surface area contributed by atoms with Crippen molar-refractivity contribution in [2.45, 2.75) is 314 Å². The van der Waals surface area contributed by atoms with Gasteiger partial charge >= 0.3 is 5.97 Å². The van der Waals surface area contributed by atoms with Crippen molar-refractivity contribution < 1.29 is 49.3 Å². The number of hydrogen-bond donors (Lipinski definition) is 6. The van der Waals surface area contributed by atoms with Crippen LogP contribution in [0, 0.1) is 0 Å². The second-order valence-corrected chi connectivity index (χ2v) is 22.1. The van der Waals surface area contributed by atoms with Crippen molar-refractivity contribution in [1.82, 2.24) is 5.32 Å². The lowest BCUT2D eigenvalue weighted by Gasteiger charge is -2.41. The largest absolute Gasteiger partial charge is 0.454 e. The first kappa shape index (κ1) is 74.6. The van der Waals surface area contributed by atoms with Crippen LogP contribution in [0.2, 0.25) is 0 Å². The average molecular weight is 1120 g/mol. The van der Waals surface area contributed by atoms with E-state index in [0.29, 0.717) is 12.8 Å². The first-order valence-corrected chi connectivity index (χ1v) is 32.5. The molecule has 1 aliphatic heterocycles. The molecule has 0 aromatic rings. The van der Waals surface area contributed by atoms with Gasteiger partial charge in [0.2, 0.25) is 5.91 Å². The smallest absolute Gasteiger partial charge is 0.306 e. The number of carbonyl (C=O) groups is 2. The highest BCUT2D eigenvalue weighted by atomic mass is 16.7.